The third-order valence-electron chi connectivity index (χ3n) is 2.78. The molecule has 0 atom stereocenters. The average Bonchev–Trinajstić information content (AvgIpc) is 2.37. The zero-order valence-electron chi connectivity index (χ0n) is 11.3. The molecule has 1 heterocycles. The molecule has 1 aromatic carbocycles. The number of nitrogens with zero attached hydrogens (tertiary/aromatic N) is 2. The number of aryl methyl sites for hydroxylation is 2. The van der Waals surface area contributed by atoms with Crippen LogP contribution in [0.5, 0.6) is 5.88 Å². The number of ether oxygens (including phenoxy) is 1. The highest BCUT2D eigenvalue weighted by molar-refractivity contribution is 5.95. The number of Topliss-reactive ketones (excluding diaryl/α,β-unsaturated/α-hetero) is 1. The van der Waals surface area contributed by atoms with Crippen molar-refractivity contribution in [1.82, 2.24) is 10.2 Å². The fourth-order valence-electron chi connectivity index (χ4n) is 2.02. The minimum Gasteiger partial charge on any atom is -0.480 e. The molecule has 2 rings (SSSR count). The minimum atomic E-state index is -0.0415. The van der Waals surface area contributed by atoms with E-state index in [0.29, 0.717) is 18.0 Å². The van der Waals surface area contributed by atoms with E-state index in [1.54, 1.807) is 12.1 Å². The number of ketones is 1. The number of hydrogen-bond donors (Lipinski definition) is 0. The predicted octanol–water partition coefficient (Wildman–Crippen LogP) is 2.53. The first-order valence-corrected chi connectivity index (χ1v) is 6.06. The molecule has 2 aromatic rings. The van der Waals surface area contributed by atoms with Crippen LogP contribution in [0.25, 0.3) is 0 Å². The molecule has 98 valence electrons. The Morgan fingerprint density at radius 1 is 1.11 bits per heavy atom. The van der Waals surface area contributed by atoms with Gasteiger partial charge in [-0.05, 0) is 25.5 Å². The Morgan fingerprint density at radius 3 is 2.32 bits per heavy atom. The van der Waals surface area contributed by atoms with E-state index in [1.165, 1.54) is 7.11 Å². The maximum atomic E-state index is 12.1. The van der Waals surface area contributed by atoms with Crippen molar-refractivity contribution in [3.8, 4) is 5.88 Å². The summed E-state index contributed by atoms with van der Waals surface area (Å²) in [5.74, 6) is 0.364. The van der Waals surface area contributed by atoms with Crippen LogP contribution in [0.2, 0.25) is 0 Å². The normalized spacial score (nSPS) is 10.3. The Balaban J connectivity index is 2.15. The van der Waals surface area contributed by atoms with Gasteiger partial charge in [-0.2, -0.15) is 0 Å². The minimum absolute atomic E-state index is 0.0415. The molecule has 0 aliphatic heterocycles. The summed E-state index contributed by atoms with van der Waals surface area (Å²) in [6, 6.07) is 9.39. The number of hydrogen-bond acceptors (Lipinski definition) is 4. The highest BCUT2D eigenvalue weighted by atomic mass is 16.5. The van der Waals surface area contributed by atoms with Crippen LogP contribution in [-0.4, -0.2) is 23.1 Å². The van der Waals surface area contributed by atoms with Gasteiger partial charge in [-0.1, -0.05) is 29.3 Å². The van der Waals surface area contributed by atoms with Crippen LogP contribution in [0.3, 0.4) is 0 Å². The van der Waals surface area contributed by atoms with Crippen molar-refractivity contribution in [2.75, 3.05) is 7.11 Å². The van der Waals surface area contributed by atoms with Crippen LogP contribution in [0.1, 0.15) is 27.2 Å². The first-order valence-electron chi connectivity index (χ1n) is 6.06. The van der Waals surface area contributed by atoms with Gasteiger partial charge in [-0.3, -0.25) is 4.79 Å². The lowest BCUT2D eigenvalue weighted by Crippen LogP contribution is -2.07. The van der Waals surface area contributed by atoms with E-state index in [0.717, 1.165) is 16.7 Å². The van der Waals surface area contributed by atoms with Crippen molar-refractivity contribution in [3.63, 3.8) is 0 Å². The predicted molar refractivity (Wildman–Crippen MR) is 72.5 cm³/mol. The zero-order chi connectivity index (χ0) is 13.8. The molecule has 0 spiro atoms. The van der Waals surface area contributed by atoms with Gasteiger partial charge in [-0.25, -0.2) is 0 Å². The molecule has 0 radical (unpaired) electrons. The van der Waals surface area contributed by atoms with E-state index in [4.69, 9.17) is 4.74 Å². The molecule has 19 heavy (non-hydrogen) atoms. The van der Waals surface area contributed by atoms with Gasteiger partial charge in [0.25, 0.3) is 0 Å². The third-order valence-corrected chi connectivity index (χ3v) is 2.78. The SMILES string of the molecule is COc1ccc(C(=O)Cc2cc(C)cc(C)c2)nn1. The van der Waals surface area contributed by atoms with Crippen LogP contribution < -0.4 is 4.74 Å². The van der Waals surface area contributed by atoms with Crippen molar-refractivity contribution < 1.29 is 9.53 Å². The van der Waals surface area contributed by atoms with E-state index in [9.17, 15) is 4.79 Å². The maximum absolute atomic E-state index is 12.1. The fourth-order valence-corrected chi connectivity index (χ4v) is 2.02. The first-order chi connectivity index (χ1) is 9.08. The van der Waals surface area contributed by atoms with E-state index in [-0.39, 0.29) is 5.78 Å². The molecule has 1 aromatic heterocycles. The number of methoxy groups -OCH3 is 1. The lowest BCUT2D eigenvalue weighted by molar-refractivity contribution is 0.0987. The maximum Gasteiger partial charge on any atom is 0.233 e. The Hall–Kier alpha value is -2.23. The molecular weight excluding hydrogens is 240 g/mol. The van der Waals surface area contributed by atoms with Gasteiger partial charge in [-0.15, -0.1) is 10.2 Å². The quantitative estimate of drug-likeness (QED) is 0.789. The van der Waals surface area contributed by atoms with Gasteiger partial charge in [0.1, 0.15) is 5.69 Å². The molecule has 0 aliphatic rings. The molecule has 0 amide bonds. The second-order valence-corrected chi connectivity index (χ2v) is 4.56. The Morgan fingerprint density at radius 2 is 1.79 bits per heavy atom. The zero-order valence-corrected chi connectivity index (χ0v) is 11.3. The van der Waals surface area contributed by atoms with Crippen molar-refractivity contribution in [2.24, 2.45) is 0 Å². The van der Waals surface area contributed by atoms with Crippen LogP contribution in [0.4, 0.5) is 0 Å². The Labute approximate surface area is 112 Å². The van der Waals surface area contributed by atoms with Crippen LogP contribution in [-0.2, 0) is 6.42 Å². The molecule has 0 aliphatic carbocycles. The summed E-state index contributed by atoms with van der Waals surface area (Å²) in [5.41, 5.74) is 3.67. The van der Waals surface area contributed by atoms with Gasteiger partial charge >= 0.3 is 0 Å². The van der Waals surface area contributed by atoms with Gasteiger partial charge < -0.3 is 4.74 Å². The van der Waals surface area contributed by atoms with E-state index >= 15 is 0 Å². The second kappa shape index (κ2) is 5.61. The number of benzene rings is 1. The van der Waals surface area contributed by atoms with E-state index < -0.39 is 0 Å². The molecule has 0 saturated carbocycles. The summed E-state index contributed by atoms with van der Waals surface area (Å²) in [7, 11) is 1.51. The van der Waals surface area contributed by atoms with Crippen molar-refractivity contribution in [1.29, 1.82) is 0 Å². The van der Waals surface area contributed by atoms with Gasteiger partial charge in [0, 0.05) is 12.5 Å². The smallest absolute Gasteiger partial charge is 0.233 e. The largest absolute Gasteiger partial charge is 0.480 e. The number of carbonyl (C=O) groups excluding carboxylic acids is 1. The third kappa shape index (κ3) is 3.37. The second-order valence-electron chi connectivity index (χ2n) is 4.56. The standard InChI is InChI=1S/C15H16N2O2/c1-10-6-11(2)8-12(7-10)9-14(18)13-4-5-15(19-3)17-16-13/h4-8H,9H2,1-3H3. The molecule has 4 heteroatoms. The number of aromatic nitrogens is 2. The van der Waals surface area contributed by atoms with Gasteiger partial charge in [0.05, 0.1) is 7.11 Å². The van der Waals surface area contributed by atoms with E-state index in [2.05, 4.69) is 16.3 Å². The van der Waals surface area contributed by atoms with Crippen molar-refractivity contribution >= 4 is 5.78 Å². The molecule has 0 saturated heterocycles. The summed E-state index contributed by atoms with van der Waals surface area (Å²) in [6.45, 7) is 4.04. The average molecular weight is 256 g/mol. The summed E-state index contributed by atoms with van der Waals surface area (Å²) in [4.78, 5) is 12.1. The summed E-state index contributed by atoms with van der Waals surface area (Å²) < 4.78 is 4.91. The van der Waals surface area contributed by atoms with Gasteiger partial charge in [0.15, 0.2) is 5.78 Å². The molecule has 0 bridgehead atoms. The van der Waals surface area contributed by atoms with Crippen LogP contribution >= 0.6 is 0 Å². The van der Waals surface area contributed by atoms with Crippen molar-refractivity contribution in [2.45, 2.75) is 20.3 Å². The molecular formula is C15H16N2O2. The summed E-state index contributed by atoms with van der Waals surface area (Å²) in [5, 5.41) is 7.67. The van der Waals surface area contributed by atoms with Crippen LogP contribution in [0.15, 0.2) is 30.3 Å². The highest BCUT2D eigenvalue weighted by Gasteiger charge is 2.10. The molecule has 0 unspecified atom stereocenters. The number of rotatable bonds is 4. The topological polar surface area (TPSA) is 52.1 Å². The van der Waals surface area contributed by atoms with Gasteiger partial charge in [0.2, 0.25) is 5.88 Å². The molecule has 4 nitrogen and oxygen atoms in total. The fraction of sp³-hybridized carbons (Fsp3) is 0.267. The first kappa shape index (κ1) is 13.2. The lowest BCUT2D eigenvalue weighted by atomic mass is 10.0. The Kier molecular flexibility index (Phi) is 3.90. The monoisotopic (exact) mass is 256 g/mol. The van der Waals surface area contributed by atoms with Crippen LogP contribution in [0, 0.1) is 13.8 Å². The summed E-state index contributed by atoms with van der Waals surface area (Å²) >= 11 is 0. The molecule has 0 fully saturated rings. The Bertz CT molecular complexity index is 571. The van der Waals surface area contributed by atoms with Crippen molar-refractivity contribution in [3.05, 3.63) is 52.7 Å². The summed E-state index contributed by atoms with van der Waals surface area (Å²) in [6.07, 6.45) is 0.337. The van der Waals surface area contributed by atoms with E-state index in [1.807, 2.05) is 26.0 Å². The lowest BCUT2D eigenvalue weighted by Gasteiger charge is -2.04. The highest BCUT2D eigenvalue weighted by Crippen LogP contribution is 2.12. The number of carbonyl (C=O) groups is 1. The molecule has 0 N–H and O–H groups in total.